The zero-order valence-electron chi connectivity index (χ0n) is 10.1. The van der Waals surface area contributed by atoms with Crippen molar-refractivity contribution in [3.05, 3.63) is 42.5 Å². The van der Waals surface area contributed by atoms with Crippen LogP contribution >= 0.6 is 0 Å². The third kappa shape index (κ3) is 4.07. The Hall–Kier alpha value is -1.28. The Morgan fingerprint density at radius 2 is 2.19 bits per heavy atom. The maximum Gasteiger partial charge on any atom is 0.203 e. The van der Waals surface area contributed by atoms with Gasteiger partial charge in [0.25, 0.3) is 0 Å². The van der Waals surface area contributed by atoms with Gasteiger partial charge >= 0.3 is 0 Å². The van der Waals surface area contributed by atoms with Gasteiger partial charge < -0.3 is 9.47 Å². The minimum absolute atomic E-state index is 0.227. The van der Waals surface area contributed by atoms with Gasteiger partial charge in [-0.25, -0.2) is 0 Å². The first-order valence-corrected chi connectivity index (χ1v) is 5.78. The molecule has 16 heavy (non-hydrogen) atoms. The van der Waals surface area contributed by atoms with Gasteiger partial charge in [-0.2, -0.15) is 0 Å². The molecule has 0 saturated heterocycles. The molecule has 1 aromatic carbocycles. The second-order valence-electron chi connectivity index (χ2n) is 3.53. The maximum atomic E-state index is 5.74. The van der Waals surface area contributed by atoms with Crippen LogP contribution in [0, 0.1) is 0 Å². The van der Waals surface area contributed by atoms with Crippen LogP contribution in [0.15, 0.2) is 36.9 Å². The maximum absolute atomic E-state index is 5.74. The Labute approximate surface area is 97.9 Å². The van der Waals surface area contributed by atoms with E-state index in [0.29, 0.717) is 13.0 Å². The van der Waals surface area contributed by atoms with Crippen molar-refractivity contribution in [1.82, 2.24) is 0 Å². The smallest absolute Gasteiger partial charge is 0.203 e. The van der Waals surface area contributed by atoms with E-state index in [-0.39, 0.29) is 6.29 Å². The van der Waals surface area contributed by atoms with E-state index in [1.165, 1.54) is 5.56 Å². The van der Waals surface area contributed by atoms with Crippen LogP contribution in [0.4, 0.5) is 0 Å². The zero-order chi connectivity index (χ0) is 11.8. The molecule has 0 N–H and O–H groups in total. The third-order valence-corrected chi connectivity index (χ3v) is 2.29. The van der Waals surface area contributed by atoms with Crippen molar-refractivity contribution in [3.63, 3.8) is 0 Å². The molecule has 0 saturated carbocycles. The van der Waals surface area contributed by atoms with Crippen molar-refractivity contribution in [2.24, 2.45) is 0 Å². The molecule has 1 aromatic rings. The highest BCUT2D eigenvalue weighted by molar-refractivity contribution is 5.28. The highest BCUT2D eigenvalue weighted by Gasteiger charge is 2.07. The van der Waals surface area contributed by atoms with Crippen molar-refractivity contribution in [3.8, 4) is 5.75 Å². The van der Waals surface area contributed by atoms with Gasteiger partial charge in [-0.05, 0) is 31.0 Å². The van der Waals surface area contributed by atoms with E-state index >= 15 is 0 Å². The van der Waals surface area contributed by atoms with Crippen molar-refractivity contribution in [2.75, 3.05) is 6.61 Å². The molecule has 1 rings (SSSR count). The second-order valence-corrected chi connectivity index (χ2v) is 3.53. The molecular weight excluding hydrogens is 200 g/mol. The molecule has 2 nitrogen and oxygen atoms in total. The number of ether oxygens (including phenoxy) is 2. The fourth-order valence-electron chi connectivity index (χ4n) is 1.46. The molecule has 0 amide bonds. The molecule has 0 aromatic heterocycles. The first-order valence-electron chi connectivity index (χ1n) is 5.78. The molecule has 88 valence electrons. The average molecular weight is 220 g/mol. The Morgan fingerprint density at radius 1 is 1.38 bits per heavy atom. The summed E-state index contributed by atoms with van der Waals surface area (Å²) in [6.45, 7) is 8.43. The van der Waals surface area contributed by atoms with Crippen molar-refractivity contribution >= 4 is 0 Å². The van der Waals surface area contributed by atoms with E-state index in [9.17, 15) is 0 Å². The molecule has 1 unspecified atom stereocenters. The van der Waals surface area contributed by atoms with Gasteiger partial charge in [-0.3, -0.25) is 0 Å². The van der Waals surface area contributed by atoms with Crippen LogP contribution in [-0.4, -0.2) is 12.9 Å². The standard InChI is InChI=1S/C14H20O2/c1-4-8-14(15-6-3)16-13-10-7-9-12(5-2)11-13/h4,7,9-11,14H,1,5-6,8H2,2-3H3. The van der Waals surface area contributed by atoms with E-state index < -0.39 is 0 Å². The van der Waals surface area contributed by atoms with E-state index in [0.717, 1.165) is 12.2 Å². The van der Waals surface area contributed by atoms with Crippen LogP contribution < -0.4 is 4.74 Å². The van der Waals surface area contributed by atoms with Gasteiger partial charge in [0.15, 0.2) is 0 Å². The second kappa shape index (κ2) is 7.07. The monoisotopic (exact) mass is 220 g/mol. The van der Waals surface area contributed by atoms with E-state index in [1.54, 1.807) is 0 Å². The summed E-state index contributed by atoms with van der Waals surface area (Å²) in [4.78, 5) is 0. The van der Waals surface area contributed by atoms with Crippen LogP contribution in [0.2, 0.25) is 0 Å². The van der Waals surface area contributed by atoms with Crippen LogP contribution in [0.25, 0.3) is 0 Å². The van der Waals surface area contributed by atoms with Crippen LogP contribution in [0.1, 0.15) is 25.8 Å². The number of aryl methyl sites for hydroxylation is 1. The Bertz CT molecular complexity index is 320. The van der Waals surface area contributed by atoms with Crippen LogP contribution in [0.3, 0.4) is 0 Å². The summed E-state index contributed by atoms with van der Waals surface area (Å²) in [5.74, 6) is 0.861. The zero-order valence-corrected chi connectivity index (χ0v) is 10.1. The molecule has 0 aliphatic heterocycles. The Balaban J connectivity index is 2.64. The van der Waals surface area contributed by atoms with Crippen molar-refractivity contribution < 1.29 is 9.47 Å². The average Bonchev–Trinajstić information content (AvgIpc) is 2.30. The minimum atomic E-state index is -0.227. The molecule has 0 heterocycles. The lowest BCUT2D eigenvalue weighted by atomic mass is 10.2. The number of benzene rings is 1. The molecule has 0 bridgehead atoms. The van der Waals surface area contributed by atoms with Crippen molar-refractivity contribution in [2.45, 2.75) is 33.0 Å². The van der Waals surface area contributed by atoms with Gasteiger partial charge in [0.05, 0.1) is 0 Å². The number of hydrogen-bond acceptors (Lipinski definition) is 2. The highest BCUT2D eigenvalue weighted by Crippen LogP contribution is 2.17. The van der Waals surface area contributed by atoms with Gasteiger partial charge in [-0.1, -0.05) is 25.1 Å². The fraction of sp³-hybridized carbons (Fsp3) is 0.429. The lowest BCUT2D eigenvalue weighted by Crippen LogP contribution is -2.19. The first-order chi connectivity index (χ1) is 7.80. The van der Waals surface area contributed by atoms with Gasteiger partial charge in [0.1, 0.15) is 5.75 Å². The molecular formula is C14H20O2. The quantitative estimate of drug-likeness (QED) is 0.516. The largest absolute Gasteiger partial charge is 0.465 e. The summed E-state index contributed by atoms with van der Waals surface area (Å²) in [5, 5.41) is 0. The molecule has 0 aliphatic rings. The molecule has 2 heteroatoms. The molecule has 0 radical (unpaired) electrons. The predicted octanol–water partition coefficient (Wildman–Crippen LogP) is 3.57. The Kier molecular flexibility index (Phi) is 5.65. The van der Waals surface area contributed by atoms with Gasteiger partial charge in [-0.15, -0.1) is 6.58 Å². The first kappa shape index (κ1) is 12.8. The summed E-state index contributed by atoms with van der Waals surface area (Å²) >= 11 is 0. The Morgan fingerprint density at radius 3 is 2.81 bits per heavy atom. The molecule has 0 aliphatic carbocycles. The summed E-state index contributed by atoms with van der Waals surface area (Å²) in [6.07, 6.45) is 3.29. The molecule has 0 fully saturated rings. The SMILES string of the molecule is C=CCC(OCC)Oc1cccc(CC)c1. The lowest BCUT2D eigenvalue weighted by molar-refractivity contribution is -0.0723. The normalized spacial score (nSPS) is 12.1. The molecule has 0 spiro atoms. The van der Waals surface area contributed by atoms with Gasteiger partial charge in [0, 0.05) is 13.0 Å². The fourth-order valence-corrected chi connectivity index (χ4v) is 1.46. The minimum Gasteiger partial charge on any atom is -0.465 e. The number of hydrogen-bond donors (Lipinski definition) is 0. The number of rotatable bonds is 7. The van der Waals surface area contributed by atoms with Crippen LogP contribution in [0.5, 0.6) is 5.75 Å². The summed E-state index contributed by atoms with van der Waals surface area (Å²) in [6, 6.07) is 8.10. The topological polar surface area (TPSA) is 18.5 Å². The van der Waals surface area contributed by atoms with E-state index in [4.69, 9.17) is 9.47 Å². The third-order valence-electron chi connectivity index (χ3n) is 2.29. The predicted molar refractivity (Wildman–Crippen MR) is 66.7 cm³/mol. The highest BCUT2D eigenvalue weighted by atomic mass is 16.7. The van der Waals surface area contributed by atoms with Crippen molar-refractivity contribution in [1.29, 1.82) is 0 Å². The summed E-state index contributed by atoms with van der Waals surface area (Å²) in [5.41, 5.74) is 1.27. The van der Waals surface area contributed by atoms with E-state index in [2.05, 4.69) is 25.6 Å². The summed E-state index contributed by atoms with van der Waals surface area (Å²) in [7, 11) is 0. The van der Waals surface area contributed by atoms with E-state index in [1.807, 2.05) is 25.1 Å². The summed E-state index contributed by atoms with van der Waals surface area (Å²) < 4.78 is 11.2. The van der Waals surface area contributed by atoms with Crippen LogP contribution in [-0.2, 0) is 11.2 Å². The molecule has 1 atom stereocenters. The lowest BCUT2D eigenvalue weighted by Gasteiger charge is -2.17. The van der Waals surface area contributed by atoms with Gasteiger partial charge in [0.2, 0.25) is 6.29 Å².